The number of hydrogen-bond donors (Lipinski definition) is 1. The molecule has 0 aromatic heterocycles. The molecule has 1 N–H and O–H groups in total. The van der Waals surface area contributed by atoms with Gasteiger partial charge in [0.2, 0.25) is 0 Å². The molecule has 3 aromatic carbocycles. The van der Waals surface area contributed by atoms with Crippen molar-refractivity contribution in [3.63, 3.8) is 0 Å². The van der Waals surface area contributed by atoms with Gasteiger partial charge in [-0.1, -0.05) is 66.7 Å². The molecule has 0 bridgehead atoms. The average Bonchev–Trinajstić information content (AvgIpc) is 2.77. The van der Waals surface area contributed by atoms with E-state index in [0.29, 0.717) is 0 Å². The van der Waals surface area contributed by atoms with Crippen molar-refractivity contribution in [3.05, 3.63) is 112 Å². The Morgan fingerprint density at radius 1 is 0.857 bits per heavy atom. The first-order valence-electron chi connectivity index (χ1n) is 9.90. The average molecular weight is 364 g/mol. The van der Waals surface area contributed by atoms with E-state index in [4.69, 9.17) is 0 Å². The van der Waals surface area contributed by atoms with E-state index in [2.05, 4.69) is 84.2 Å². The van der Waals surface area contributed by atoms with E-state index in [0.717, 1.165) is 37.9 Å². The molecule has 0 unspecified atom stereocenters. The number of nitriles is 1. The van der Waals surface area contributed by atoms with Crippen LogP contribution in [-0.2, 0) is 12.8 Å². The Morgan fingerprint density at radius 2 is 1.61 bits per heavy atom. The molecule has 0 saturated carbocycles. The fraction of sp³-hybridized carbons (Fsp3) is 0.192. The van der Waals surface area contributed by atoms with Crippen molar-refractivity contribution in [3.8, 4) is 6.07 Å². The molecule has 1 aliphatic carbocycles. The SMILES string of the molecule is N#Cc1ccc2c(c1)CCC(CNCCc1ccccc1)=C2c1ccccc1. The van der Waals surface area contributed by atoms with E-state index in [1.54, 1.807) is 0 Å². The molecular formula is C26H24N2. The molecule has 0 fully saturated rings. The fourth-order valence-corrected chi connectivity index (χ4v) is 3.97. The van der Waals surface area contributed by atoms with Gasteiger partial charge >= 0.3 is 0 Å². The molecule has 0 heterocycles. The van der Waals surface area contributed by atoms with Crippen LogP contribution in [0.2, 0.25) is 0 Å². The van der Waals surface area contributed by atoms with Crippen LogP contribution in [0.5, 0.6) is 0 Å². The summed E-state index contributed by atoms with van der Waals surface area (Å²) in [7, 11) is 0. The van der Waals surface area contributed by atoms with Crippen LogP contribution in [0.1, 0.15) is 34.2 Å². The second-order valence-corrected chi connectivity index (χ2v) is 7.24. The van der Waals surface area contributed by atoms with Crippen molar-refractivity contribution < 1.29 is 0 Å². The summed E-state index contributed by atoms with van der Waals surface area (Å²) >= 11 is 0. The molecule has 0 radical (unpaired) electrons. The molecule has 138 valence electrons. The first-order valence-corrected chi connectivity index (χ1v) is 9.90. The van der Waals surface area contributed by atoms with Crippen molar-refractivity contribution in [2.24, 2.45) is 0 Å². The minimum absolute atomic E-state index is 0.746. The quantitative estimate of drug-likeness (QED) is 0.615. The predicted molar refractivity (Wildman–Crippen MR) is 115 cm³/mol. The maximum atomic E-state index is 9.24. The van der Waals surface area contributed by atoms with E-state index < -0.39 is 0 Å². The van der Waals surface area contributed by atoms with Gasteiger partial charge in [0.05, 0.1) is 11.6 Å². The smallest absolute Gasteiger partial charge is 0.0991 e. The van der Waals surface area contributed by atoms with Gasteiger partial charge in [-0.25, -0.2) is 0 Å². The van der Waals surface area contributed by atoms with Gasteiger partial charge in [-0.2, -0.15) is 5.26 Å². The summed E-state index contributed by atoms with van der Waals surface area (Å²) < 4.78 is 0. The minimum Gasteiger partial charge on any atom is -0.313 e. The number of hydrogen-bond acceptors (Lipinski definition) is 2. The van der Waals surface area contributed by atoms with Gasteiger partial charge in [0.1, 0.15) is 0 Å². The van der Waals surface area contributed by atoms with Gasteiger partial charge in [0.25, 0.3) is 0 Å². The zero-order valence-electron chi connectivity index (χ0n) is 16.0. The van der Waals surface area contributed by atoms with E-state index in [-0.39, 0.29) is 0 Å². The standard InChI is InChI=1S/C26H24N2/c27-18-21-11-14-25-23(17-21)12-13-24(26(25)22-9-5-2-6-10-22)19-28-16-15-20-7-3-1-4-8-20/h1-11,14,17,28H,12-13,15-16,19H2. The van der Waals surface area contributed by atoms with Gasteiger partial charge in [-0.05, 0) is 71.3 Å². The Morgan fingerprint density at radius 3 is 2.36 bits per heavy atom. The summed E-state index contributed by atoms with van der Waals surface area (Å²) in [5.41, 5.74) is 8.71. The van der Waals surface area contributed by atoms with Crippen molar-refractivity contribution >= 4 is 5.57 Å². The highest BCUT2D eigenvalue weighted by Gasteiger charge is 2.20. The van der Waals surface area contributed by atoms with Gasteiger partial charge < -0.3 is 5.32 Å². The lowest BCUT2D eigenvalue weighted by Crippen LogP contribution is -2.22. The summed E-state index contributed by atoms with van der Waals surface area (Å²) in [6, 6.07) is 29.6. The molecule has 0 aliphatic heterocycles. The maximum Gasteiger partial charge on any atom is 0.0991 e. The van der Waals surface area contributed by atoms with Crippen LogP contribution in [0.15, 0.2) is 84.4 Å². The van der Waals surface area contributed by atoms with Gasteiger partial charge in [-0.15, -0.1) is 0 Å². The number of aryl methyl sites for hydroxylation is 1. The number of benzene rings is 3. The molecule has 1 aliphatic rings. The van der Waals surface area contributed by atoms with Crippen LogP contribution >= 0.6 is 0 Å². The summed E-state index contributed by atoms with van der Waals surface area (Å²) in [6.45, 7) is 1.87. The summed E-state index contributed by atoms with van der Waals surface area (Å²) in [5.74, 6) is 0. The number of nitrogens with zero attached hydrogens (tertiary/aromatic N) is 1. The van der Waals surface area contributed by atoms with Crippen LogP contribution in [0.25, 0.3) is 5.57 Å². The Hall–Kier alpha value is -3.15. The number of rotatable bonds is 6. The van der Waals surface area contributed by atoms with Crippen molar-refractivity contribution in [2.45, 2.75) is 19.3 Å². The molecule has 0 atom stereocenters. The van der Waals surface area contributed by atoms with E-state index in [9.17, 15) is 5.26 Å². The molecule has 0 amide bonds. The van der Waals surface area contributed by atoms with Crippen LogP contribution in [0.3, 0.4) is 0 Å². The molecule has 3 aromatic rings. The lowest BCUT2D eigenvalue weighted by molar-refractivity contribution is 0.705. The van der Waals surface area contributed by atoms with Crippen LogP contribution in [-0.4, -0.2) is 13.1 Å². The molecule has 28 heavy (non-hydrogen) atoms. The number of nitrogens with one attached hydrogen (secondary N) is 1. The van der Waals surface area contributed by atoms with Crippen LogP contribution < -0.4 is 5.32 Å². The lowest BCUT2D eigenvalue weighted by atomic mass is 9.81. The van der Waals surface area contributed by atoms with Crippen LogP contribution in [0, 0.1) is 11.3 Å². The van der Waals surface area contributed by atoms with E-state index >= 15 is 0 Å². The van der Waals surface area contributed by atoms with E-state index in [1.807, 2.05) is 6.07 Å². The normalized spacial score (nSPS) is 13.1. The highest BCUT2D eigenvalue weighted by molar-refractivity contribution is 5.85. The highest BCUT2D eigenvalue weighted by Crippen LogP contribution is 2.36. The highest BCUT2D eigenvalue weighted by atomic mass is 14.8. The summed E-state index contributed by atoms with van der Waals surface area (Å²) in [6.07, 6.45) is 3.07. The third-order valence-electron chi connectivity index (χ3n) is 5.39. The summed E-state index contributed by atoms with van der Waals surface area (Å²) in [4.78, 5) is 0. The Kier molecular flexibility index (Phi) is 5.66. The largest absolute Gasteiger partial charge is 0.313 e. The second-order valence-electron chi connectivity index (χ2n) is 7.24. The molecule has 0 spiro atoms. The third-order valence-corrected chi connectivity index (χ3v) is 5.39. The molecular weight excluding hydrogens is 340 g/mol. The van der Waals surface area contributed by atoms with Crippen molar-refractivity contribution in [2.75, 3.05) is 13.1 Å². The third kappa shape index (κ3) is 4.06. The molecule has 2 heteroatoms. The molecule has 2 nitrogen and oxygen atoms in total. The monoisotopic (exact) mass is 364 g/mol. The topological polar surface area (TPSA) is 35.8 Å². The van der Waals surface area contributed by atoms with Crippen molar-refractivity contribution in [1.82, 2.24) is 5.32 Å². The van der Waals surface area contributed by atoms with Crippen molar-refractivity contribution in [1.29, 1.82) is 5.26 Å². The predicted octanol–water partition coefficient (Wildman–Crippen LogP) is 5.14. The Balaban J connectivity index is 1.58. The second kappa shape index (κ2) is 8.69. The molecule has 0 saturated heterocycles. The zero-order valence-corrected chi connectivity index (χ0v) is 16.0. The minimum atomic E-state index is 0.746. The Labute approximate surface area is 167 Å². The fourth-order valence-electron chi connectivity index (χ4n) is 3.97. The van der Waals surface area contributed by atoms with Gasteiger partial charge in [-0.3, -0.25) is 0 Å². The van der Waals surface area contributed by atoms with E-state index in [1.165, 1.54) is 33.4 Å². The van der Waals surface area contributed by atoms with Gasteiger partial charge in [0.15, 0.2) is 0 Å². The lowest BCUT2D eigenvalue weighted by Gasteiger charge is -2.25. The Bertz CT molecular complexity index is 1010. The van der Waals surface area contributed by atoms with Crippen LogP contribution in [0.4, 0.5) is 0 Å². The summed E-state index contributed by atoms with van der Waals surface area (Å²) in [5, 5.41) is 12.9. The van der Waals surface area contributed by atoms with Gasteiger partial charge in [0, 0.05) is 6.54 Å². The maximum absolute atomic E-state index is 9.24. The first-order chi connectivity index (χ1) is 13.8. The first kappa shape index (κ1) is 18.2. The zero-order chi connectivity index (χ0) is 19.2. The number of fused-ring (bicyclic) bond motifs is 1. The molecule has 4 rings (SSSR count).